The number of rotatable bonds is 2. The molecule has 0 aromatic heterocycles. The van der Waals surface area contributed by atoms with Crippen LogP contribution >= 0.6 is 0 Å². The maximum atomic E-state index is 10.6. The highest BCUT2D eigenvalue weighted by Gasteiger charge is 2.09. The minimum absolute atomic E-state index is 0.146. The first-order valence-electron chi connectivity index (χ1n) is 2.60. The Bertz CT molecular complexity index is 198. The van der Waals surface area contributed by atoms with Gasteiger partial charge in [-0.2, -0.15) is 5.26 Å². The second-order valence-corrected chi connectivity index (χ2v) is 1.62. The van der Waals surface area contributed by atoms with Gasteiger partial charge in [-0.1, -0.05) is 0 Å². The zero-order valence-corrected chi connectivity index (χ0v) is 5.29. The Kier molecular flexibility index (Phi) is 3.70. The number of hydrogen-bond donors (Lipinski definition) is 2. The molecule has 0 aliphatic carbocycles. The van der Waals surface area contributed by atoms with E-state index >= 15 is 0 Å². The minimum atomic E-state index is -0.773. The molecular weight excluding hydrogens is 130 g/mol. The fourth-order valence-corrected chi connectivity index (χ4v) is 0.367. The van der Waals surface area contributed by atoms with E-state index in [0.29, 0.717) is 0 Å². The molecule has 4 nitrogen and oxygen atoms in total. The molecule has 1 amide bonds. The van der Waals surface area contributed by atoms with Crippen LogP contribution < -0.4 is 11.1 Å². The lowest BCUT2D eigenvalue weighted by Crippen LogP contribution is -2.37. The number of hydrogen-bond acceptors (Lipinski definition) is 3. The van der Waals surface area contributed by atoms with Gasteiger partial charge in [0.15, 0.2) is 6.19 Å². The molecule has 0 radical (unpaired) electrons. The summed E-state index contributed by atoms with van der Waals surface area (Å²) in [5, 5.41) is 9.84. The van der Waals surface area contributed by atoms with E-state index < -0.39 is 11.9 Å². The monoisotopic (exact) mass is 137 g/mol. The summed E-state index contributed by atoms with van der Waals surface area (Å²) >= 11 is 0. The molecule has 0 aromatic carbocycles. The number of amides is 1. The van der Waals surface area contributed by atoms with E-state index in [0.717, 1.165) is 0 Å². The molecule has 1 atom stereocenters. The lowest BCUT2D eigenvalue weighted by atomic mass is 10.2. The van der Waals surface area contributed by atoms with Crippen molar-refractivity contribution in [1.82, 2.24) is 5.32 Å². The molecule has 3 N–H and O–H groups in total. The summed E-state index contributed by atoms with van der Waals surface area (Å²) in [6.07, 6.45) is 6.48. The lowest BCUT2D eigenvalue weighted by molar-refractivity contribution is -0.121. The smallest absolute Gasteiger partial charge is 0.250 e. The fraction of sp³-hybridized carbons (Fsp3) is 0.333. The molecule has 0 saturated heterocycles. The molecule has 0 spiro atoms. The number of carbonyl (C=O) groups excluding carboxylic acids is 1. The molecule has 1 unspecified atom stereocenters. The molecule has 0 aromatic rings. The quantitative estimate of drug-likeness (QED) is 0.289. The highest BCUT2D eigenvalue weighted by atomic mass is 16.2. The van der Waals surface area contributed by atoms with Crippen molar-refractivity contribution in [2.24, 2.45) is 5.73 Å². The molecule has 0 heterocycles. The van der Waals surface area contributed by atoms with Crippen molar-refractivity contribution < 1.29 is 4.79 Å². The first kappa shape index (κ1) is 8.48. The van der Waals surface area contributed by atoms with E-state index in [-0.39, 0.29) is 6.42 Å². The van der Waals surface area contributed by atoms with Gasteiger partial charge < -0.3 is 5.73 Å². The van der Waals surface area contributed by atoms with Crippen molar-refractivity contribution in [3.8, 4) is 18.5 Å². The molecule has 4 heteroatoms. The van der Waals surface area contributed by atoms with E-state index in [1.165, 1.54) is 6.19 Å². The molecule has 0 aliphatic rings. The third-order valence-corrected chi connectivity index (χ3v) is 0.854. The first-order valence-corrected chi connectivity index (χ1v) is 2.60. The van der Waals surface area contributed by atoms with Gasteiger partial charge in [-0.05, 0) is 0 Å². The van der Waals surface area contributed by atoms with Gasteiger partial charge in [0.25, 0.3) is 5.91 Å². The van der Waals surface area contributed by atoms with Crippen LogP contribution in [0, 0.1) is 23.8 Å². The summed E-state index contributed by atoms with van der Waals surface area (Å²) in [5.41, 5.74) is 5.21. The highest BCUT2D eigenvalue weighted by Crippen LogP contribution is 1.83. The zero-order valence-electron chi connectivity index (χ0n) is 5.29. The Morgan fingerprint density at radius 2 is 2.50 bits per heavy atom. The summed E-state index contributed by atoms with van der Waals surface area (Å²) in [6.45, 7) is 0. The van der Waals surface area contributed by atoms with E-state index in [9.17, 15) is 4.79 Å². The van der Waals surface area contributed by atoms with Crippen molar-refractivity contribution in [3.63, 3.8) is 0 Å². The van der Waals surface area contributed by atoms with Gasteiger partial charge in [-0.15, -0.1) is 12.3 Å². The van der Waals surface area contributed by atoms with Gasteiger partial charge in [0.05, 0.1) is 6.04 Å². The zero-order chi connectivity index (χ0) is 7.98. The van der Waals surface area contributed by atoms with Crippen molar-refractivity contribution in [2.45, 2.75) is 12.5 Å². The van der Waals surface area contributed by atoms with Gasteiger partial charge >= 0.3 is 0 Å². The van der Waals surface area contributed by atoms with Crippen LogP contribution in [0.5, 0.6) is 0 Å². The largest absolute Gasteiger partial charge is 0.319 e. The average molecular weight is 137 g/mol. The Labute approximate surface area is 59.0 Å². The van der Waals surface area contributed by atoms with E-state index in [1.807, 2.05) is 5.32 Å². The number of nitriles is 1. The van der Waals surface area contributed by atoms with Gasteiger partial charge in [0.2, 0.25) is 0 Å². The van der Waals surface area contributed by atoms with Crippen LogP contribution in [0.25, 0.3) is 0 Å². The van der Waals surface area contributed by atoms with E-state index in [2.05, 4.69) is 5.92 Å². The minimum Gasteiger partial charge on any atom is -0.319 e. The predicted octanol–water partition coefficient (Wildman–Crippen LogP) is -1.07. The van der Waals surface area contributed by atoms with Crippen molar-refractivity contribution >= 4 is 5.91 Å². The Morgan fingerprint density at radius 3 is 2.90 bits per heavy atom. The molecule has 0 bridgehead atoms. The number of terminal acetylenes is 1. The van der Waals surface area contributed by atoms with E-state index in [4.69, 9.17) is 17.4 Å². The molecular formula is C6H7N3O. The van der Waals surface area contributed by atoms with Gasteiger partial charge in [0, 0.05) is 6.42 Å². The Morgan fingerprint density at radius 1 is 1.90 bits per heavy atom. The van der Waals surface area contributed by atoms with Crippen LogP contribution in [0.15, 0.2) is 0 Å². The van der Waals surface area contributed by atoms with Crippen molar-refractivity contribution in [2.75, 3.05) is 0 Å². The number of nitrogens with two attached hydrogens (primary N) is 1. The van der Waals surface area contributed by atoms with Gasteiger partial charge in [-0.3, -0.25) is 10.1 Å². The second kappa shape index (κ2) is 4.37. The van der Waals surface area contributed by atoms with Crippen LogP contribution in [0.3, 0.4) is 0 Å². The Hall–Kier alpha value is -1.52. The summed E-state index contributed by atoms with van der Waals surface area (Å²) in [4.78, 5) is 10.6. The fourth-order valence-electron chi connectivity index (χ4n) is 0.367. The number of carbonyl (C=O) groups is 1. The predicted molar refractivity (Wildman–Crippen MR) is 35.2 cm³/mol. The SMILES string of the molecule is C#CCC(N)C(=O)NC#N. The first-order chi connectivity index (χ1) is 4.72. The lowest BCUT2D eigenvalue weighted by Gasteiger charge is -2.01. The van der Waals surface area contributed by atoms with Crippen molar-refractivity contribution in [3.05, 3.63) is 0 Å². The molecule has 0 rings (SSSR count). The molecule has 52 valence electrons. The third-order valence-electron chi connectivity index (χ3n) is 0.854. The summed E-state index contributed by atoms with van der Waals surface area (Å²) in [5.74, 6) is 1.67. The normalized spacial score (nSPS) is 10.7. The molecule has 0 fully saturated rings. The Balaban J connectivity index is 3.76. The summed E-state index contributed by atoms with van der Waals surface area (Å²) < 4.78 is 0. The number of nitrogens with one attached hydrogen (secondary N) is 1. The number of nitrogens with zero attached hydrogens (tertiary/aromatic N) is 1. The van der Waals surface area contributed by atoms with Crippen LogP contribution in [-0.2, 0) is 4.79 Å². The van der Waals surface area contributed by atoms with Gasteiger partial charge in [-0.25, -0.2) is 0 Å². The van der Waals surface area contributed by atoms with Gasteiger partial charge in [0.1, 0.15) is 0 Å². The van der Waals surface area contributed by atoms with Crippen molar-refractivity contribution in [1.29, 1.82) is 5.26 Å². The highest BCUT2D eigenvalue weighted by molar-refractivity contribution is 5.82. The standard InChI is InChI=1S/C6H7N3O/c1-2-3-5(8)6(10)9-4-7/h1,5H,3,8H2,(H,9,10). The molecule has 0 aliphatic heterocycles. The molecule has 10 heavy (non-hydrogen) atoms. The van der Waals surface area contributed by atoms with Crippen LogP contribution in [0.4, 0.5) is 0 Å². The summed E-state index contributed by atoms with van der Waals surface area (Å²) in [6, 6.07) is -0.773. The average Bonchev–Trinajstić information content (AvgIpc) is 1.89. The van der Waals surface area contributed by atoms with Crippen LogP contribution in [-0.4, -0.2) is 11.9 Å². The second-order valence-electron chi connectivity index (χ2n) is 1.62. The topological polar surface area (TPSA) is 78.9 Å². The van der Waals surface area contributed by atoms with Crippen LogP contribution in [0.1, 0.15) is 6.42 Å². The maximum Gasteiger partial charge on any atom is 0.250 e. The van der Waals surface area contributed by atoms with E-state index in [1.54, 1.807) is 0 Å². The third kappa shape index (κ3) is 2.71. The molecule has 0 saturated carbocycles. The van der Waals surface area contributed by atoms with Crippen LogP contribution in [0.2, 0.25) is 0 Å². The maximum absolute atomic E-state index is 10.6. The summed E-state index contributed by atoms with van der Waals surface area (Å²) in [7, 11) is 0.